The zero-order chi connectivity index (χ0) is 21.1. The fraction of sp³-hybridized carbons (Fsp3) is 0.174. The van der Waals surface area contributed by atoms with Crippen LogP contribution in [0, 0.1) is 0 Å². The number of anilines is 2. The summed E-state index contributed by atoms with van der Waals surface area (Å²) in [5, 5.41) is 0. The van der Waals surface area contributed by atoms with Gasteiger partial charge in [0.25, 0.3) is 10.0 Å². The van der Waals surface area contributed by atoms with Crippen LogP contribution in [0.1, 0.15) is 17.5 Å². The number of sulfonamides is 1. The smallest absolute Gasteiger partial charge is 0.265 e. The highest BCUT2D eigenvalue weighted by molar-refractivity contribution is 7.92. The maximum Gasteiger partial charge on any atom is 0.265 e. The lowest BCUT2D eigenvalue weighted by molar-refractivity contribution is -0.119. The quantitative estimate of drug-likeness (QED) is 0.652. The molecule has 1 heterocycles. The lowest BCUT2D eigenvalue weighted by atomic mass is 10.00. The SMILES string of the molecule is COc1ccccc1S(=O)(=O)Nc1ccc2c(c1)CCC(=O)N2Cc1ccccc1. The van der Waals surface area contributed by atoms with Crippen molar-refractivity contribution < 1.29 is 17.9 Å². The van der Waals surface area contributed by atoms with Gasteiger partial charge in [0.15, 0.2) is 0 Å². The van der Waals surface area contributed by atoms with Gasteiger partial charge in [-0.25, -0.2) is 8.42 Å². The number of benzene rings is 3. The van der Waals surface area contributed by atoms with Gasteiger partial charge in [-0.05, 0) is 47.9 Å². The third-order valence-corrected chi connectivity index (χ3v) is 6.49. The maximum atomic E-state index is 12.9. The van der Waals surface area contributed by atoms with Crippen molar-refractivity contribution in [3.63, 3.8) is 0 Å². The summed E-state index contributed by atoms with van der Waals surface area (Å²) >= 11 is 0. The van der Waals surface area contributed by atoms with E-state index in [1.165, 1.54) is 13.2 Å². The molecule has 1 aliphatic rings. The van der Waals surface area contributed by atoms with Crippen molar-refractivity contribution in [2.24, 2.45) is 0 Å². The molecule has 0 saturated carbocycles. The number of fused-ring (bicyclic) bond motifs is 1. The highest BCUT2D eigenvalue weighted by Gasteiger charge is 2.25. The van der Waals surface area contributed by atoms with E-state index in [9.17, 15) is 13.2 Å². The molecular weight excluding hydrogens is 400 g/mol. The van der Waals surface area contributed by atoms with Gasteiger partial charge in [0.2, 0.25) is 5.91 Å². The number of ether oxygens (including phenoxy) is 1. The van der Waals surface area contributed by atoms with E-state index in [0.29, 0.717) is 25.1 Å². The van der Waals surface area contributed by atoms with E-state index in [4.69, 9.17) is 4.74 Å². The molecule has 0 atom stereocenters. The van der Waals surface area contributed by atoms with E-state index >= 15 is 0 Å². The van der Waals surface area contributed by atoms with Gasteiger partial charge in [0.05, 0.1) is 13.7 Å². The number of rotatable bonds is 6. The summed E-state index contributed by atoms with van der Waals surface area (Å²) in [7, 11) is -2.37. The summed E-state index contributed by atoms with van der Waals surface area (Å²) in [6.45, 7) is 0.485. The topological polar surface area (TPSA) is 75.7 Å². The number of nitrogens with one attached hydrogen (secondary N) is 1. The van der Waals surface area contributed by atoms with Crippen LogP contribution in [-0.2, 0) is 27.8 Å². The number of carbonyl (C=O) groups excluding carboxylic acids is 1. The van der Waals surface area contributed by atoms with Gasteiger partial charge in [-0.3, -0.25) is 9.52 Å². The van der Waals surface area contributed by atoms with Crippen LogP contribution < -0.4 is 14.4 Å². The van der Waals surface area contributed by atoms with Crippen molar-refractivity contribution in [1.82, 2.24) is 0 Å². The van der Waals surface area contributed by atoms with Gasteiger partial charge in [-0.1, -0.05) is 42.5 Å². The third-order valence-electron chi connectivity index (χ3n) is 5.07. The first kappa shape index (κ1) is 20.0. The first-order valence-corrected chi connectivity index (χ1v) is 11.1. The molecule has 0 fully saturated rings. The zero-order valence-corrected chi connectivity index (χ0v) is 17.4. The van der Waals surface area contributed by atoms with Crippen molar-refractivity contribution in [3.05, 3.63) is 83.9 Å². The number of aryl methyl sites for hydroxylation is 1. The van der Waals surface area contributed by atoms with Crippen molar-refractivity contribution >= 4 is 27.3 Å². The molecular formula is C23H22N2O4S. The Morgan fingerprint density at radius 3 is 2.47 bits per heavy atom. The molecule has 1 N–H and O–H groups in total. The van der Waals surface area contributed by atoms with E-state index in [1.54, 1.807) is 41.3 Å². The maximum absolute atomic E-state index is 12.9. The Morgan fingerprint density at radius 1 is 0.967 bits per heavy atom. The molecule has 7 heteroatoms. The minimum absolute atomic E-state index is 0.0636. The molecule has 1 amide bonds. The summed E-state index contributed by atoms with van der Waals surface area (Å²) in [5.41, 5.74) is 3.24. The van der Waals surface area contributed by atoms with Crippen LogP contribution >= 0.6 is 0 Å². The van der Waals surface area contributed by atoms with Crippen LogP contribution in [0.5, 0.6) is 5.75 Å². The van der Waals surface area contributed by atoms with Crippen molar-refractivity contribution in [2.75, 3.05) is 16.7 Å². The molecule has 3 aromatic carbocycles. The Balaban J connectivity index is 1.62. The fourth-order valence-corrected chi connectivity index (χ4v) is 4.83. The second-order valence-corrected chi connectivity index (χ2v) is 8.72. The van der Waals surface area contributed by atoms with E-state index < -0.39 is 10.0 Å². The molecule has 1 aliphatic heterocycles. The molecule has 0 bridgehead atoms. The molecule has 0 saturated heterocycles. The second kappa shape index (κ2) is 8.20. The summed E-state index contributed by atoms with van der Waals surface area (Å²) in [5.74, 6) is 0.344. The number of methoxy groups -OCH3 is 1. The zero-order valence-electron chi connectivity index (χ0n) is 16.5. The van der Waals surface area contributed by atoms with Crippen LogP contribution in [-0.4, -0.2) is 21.4 Å². The van der Waals surface area contributed by atoms with Gasteiger partial charge in [0.1, 0.15) is 10.6 Å². The van der Waals surface area contributed by atoms with E-state index in [2.05, 4.69) is 4.72 Å². The largest absolute Gasteiger partial charge is 0.495 e. The minimum Gasteiger partial charge on any atom is -0.495 e. The molecule has 0 aliphatic carbocycles. The number of hydrogen-bond acceptors (Lipinski definition) is 4. The van der Waals surface area contributed by atoms with Crippen molar-refractivity contribution in [3.8, 4) is 5.75 Å². The highest BCUT2D eigenvalue weighted by atomic mass is 32.2. The summed E-state index contributed by atoms with van der Waals surface area (Å²) in [6, 6.07) is 21.6. The highest BCUT2D eigenvalue weighted by Crippen LogP contribution is 2.33. The fourth-order valence-electron chi connectivity index (χ4n) is 3.61. The Morgan fingerprint density at radius 2 is 1.70 bits per heavy atom. The van der Waals surface area contributed by atoms with Crippen molar-refractivity contribution in [1.29, 1.82) is 0 Å². The Hall–Kier alpha value is -3.32. The molecule has 30 heavy (non-hydrogen) atoms. The Kier molecular flexibility index (Phi) is 5.46. The van der Waals surface area contributed by atoms with Gasteiger partial charge < -0.3 is 9.64 Å². The van der Waals surface area contributed by atoms with Crippen LogP contribution in [0.25, 0.3) is 0 Å². The average Bonchev–Trinajstić information content (AvgIpc) is 2.76. The number of amides is 1. The Bertz CT molecular complexity index is 1180. The monoisotopic (exact) mass is 422 g/mol. The van der Waals surface area contributed by atoms with Crippen LogP contribution in [0.15, 0.2) is 77.7 Å². The van der Waals surface area contributed by atoms with Gasteiger partial charge in [-0.2, -0.15) is 0 Å². The molecule has 4 rings (SSSR count). The first-order valence-electron chi connectivity index (χ1n) is 9.61. The predicted molar refractivity (Wildman–Crippen MR) is 116 cm³/mol. The molecule has 0 spiro atoms. The summed E-state index contributed by atoms with van der Waals surface area (Å²) in [6.07, 6.45) is 0.965. The third kappa shape index (κ3) is 4.02. The molecule has 3 aromatic rings. The lowest BCUT2D eigenvalue weighted by Crippen LogP contribution is -2.34. The summed E-state index contributed by atoms with van der Waals surface area (Å²) < 4.78 is 33.5. The standard InChI is InChI=1S/C23H22N2O4S/c1-29-21-9-5-6-10-22(21)30(27,28)24-19-12-13-20-18(15-19)11-14-23(26)25(20)16-17-7-3-2-4-8-17/h2-10,12-13,15,24H,11,14,16H2,1H3. The lowest BCUT2D eigenvalue weighted by Gasteiger charge is -2.30. The number of carbonyl (C=O) groups is 1. The normalized spacial score (nSPS) is 13.6. The molecule has 6 nitrogen and oxygen atoms in total. The van der Waals surface area contributed by atoms with E-state index in [1.807, 2.05) is 30.3 Å². The summed E-state index contributed by atoms with van der Waals surface area (Å²) in [4.78, 5) is 14.4. The number of para-hydroxylation sites is 1. The number of nitrogens with zero attached hydrogens (tertiary/aromatic N) is 1. The molecule has 0 aromatic heterocycles. The molecule has 0 radical (unpaired) electrons. The molecule has 0 unspecified atom stereocenters. The van der Waals surface area contributed by atoms with Crippen LogP contribution in [0.2, 0.25) is 0 Å². The molecule has 154 valence electrons. The average molecular weight is 423 g/mol. The number of hydrogen-bond donors (Lipinski definition) is 1. The van der Waals surface area contributed by atoms with Crippen LogP contribution in [0.3, 0.4) is 0 Å². The predicted octanol–water partition coefficient (Wildman–Crippen LogP) is 3.98. The Labute approximate surface area is 176 Å². The minimum atomic E-state index is -3.81. The van der Waals surface area contributed by atoms with E-state index in [0.717, 1.165) is 16.8 Å². The van der Waals surface area contributed by atoms with Gasteiger partial charge in [0, 0.05) is 17.8 Å². The van der Waals surface area contributed by atoms with Gasteiger partial charge in [-0.15, -0.1) is 0 Å². The van der Waals surface area contributed by atoms with Gasteiger partial charge >= 0.3 is 0 Å². The van der Waals surface area contributed by atoms with E-state index in [-0.39, 0.29) is 16.6 Å². The first-order chi connectivity index (χ1) is 14.5. The van der Waals surface area contributed by atoms with Crippen molar-refractivity contribution in [2.45, 2.75) is 24.3 Å². The second-order valence-electron chi connectivity index (χ2n) is 7.07. The van der Waals surface area contributed by atoms with Crippen LogP contribution in [0.4, 0.5) is 11.4 Å².